The van der Waals surface area contributed by atoms with Gasteiger partial charge in [-0.15, -0.1) is 0 Å². The highest BCUT2D eigenvalue weighted by molar-refractivity contribution is 6.13. The number of carbonyl (C=O) groups is 3. The van der Waals surface area contributed by atoms with Crippen molar-refractivity contribution in [3.8, 4) is 11.1 Å². The lowest BCUT2D eigenvalue weighted by atomic mass is 10.0. The zero-order chi connectivity index (χ0) is 22.8. The fourth-order valence-electron chi connectivity index (χ4n) is 3.20. The second-order valence-corrected chi connectivity index (χ2v) is 8.04. The Balaban J connectivity index is 1.87. The maximum Gasteiger partial charge on any atom is 0.407 e. The van der Waals surface area contributed by atoms with Gasteiger partial charge in [0.2, 0.25) is 0 Å². The molecular weight excluding hydrogens is 398 g/mol. The average Bonchev–Trinajstić information content (AvgIpc) is 3.01. The third kappa shape index (κ3) is 5.33. The number of anilines is 1. The van der Waals surface area contributed by atoms with Gasteiger partial charge in [-0.1, -0.05) is 30.3 Å². The van der Waals surface area contributed by atoms with Crippen molar-refractivity contribution < 1.29 is 19.1 Å². The van der Waals surface area contributed by atoms with Crippen LogP contribution in [0.4, 0.5) is 15.4 Å². The van der Waals surface area contributed by atoms with Gasteiger partial charge in [-0.3, -0.25) is 10.1 Å². The third-order valence-electron chi connectivity index (χ3n) is 4.39. The van der Waals surface area contributed by atoms with E-state index in [1.165, 1.54) is 0 Å². The van der Waals surface area contributed by atoms with Crippen LogP contribution in [0.2, 0.25) is 0 Å². The molecule has 0 saturated carbocycles. The van der Waals surface area contributed by atoms with E-state index in [2.05, 4.69) is 15.6 Å². The van der Waals surface area contributed by atoms with Crippen LogP contribution in [-0.2, 0) is 11.3 Å². The van der Waals surface area contributed by atoms with E-state index in [-0.39, 0.29) is 11.4 Å². The molecule has 0 radical (unpaired) electrons. The minimum Gasteiger partial charge on any atom is -0.444 e. The van der Waals surface area contributed by atoms with Crippen LogP contribution in [0.25, 0.3) is 22.0 Å². The van der Waals surface area contributed by atoms with Crippen LogP contribution in [0, 0.1) is 0 Å². The van der Waals surface area contributed by atoms with Crippen LogP contribution >= 0.6 is 0 Å². The summed E-state index contributed by atoms with van der Waals surface area (Å²) in [6, 6.07) is 12.3. The molecule has 0 unspecified atom stereocenters. The van der Waals surface area contributed by atoms with Gasteiger partial charge < -0.3 is 26.5 Å². The van der Waals surface area contributed by atoms with Gasteiger partial charge in [0.1, 0.15) is 11.4 Å². The lowest BCUT2D eigenvalue weighted by Gasteiger charge is -2.19. The zero-order valence-corrected chi connectivity index (χ0v) is 17.5. The summed E-state index contributed by atoms with van der Waals surface area (Å²) in [5, 5.41) is 5.69. The molecule has 31 heavy (non-hydrogen) atoms. The van der Waals surface area contributed by atoms with Crippen LogP contribution in [-0.4, -0.2) is 28.6 Å². The first-order chi connectivity index (χ1) is 14.5. The molecule has 0 spiro atoms. The Hall–Kier alpha value is -4.01. The van der Waals surface area contributed by atoms with E-state index in [9.17, 15) is 14.4 Å². The Bertz CT molecular complexity index is 1160. The fraction of sp³-hybridized carbons (Fsp3) is 0.227. The van der Waals surface area contributed by atoms with Crippen LogP contribution in [0.5, 0.6) is 0 Å². The SMILES string of the molecule is CC(C)(C)OC(=O)NCc1cccc(-c2ccc3c(C(N)=O)c(NC(N)=O)[nH]c3c2)c1. The Labute approximate surface area is 179 Å². The maximum atomic E-state index is 11.9. The number of benzene rings is 2. The van der Waals surface area contributed by atoms with Gasteiger partial charge in [0.05, 0.1) is 5.56 Å². The molecule has 2 aromatic carbocycles. The van der Waals surface area contributed by atoms with Crippen LogP contribution in [0.15, 0.2) is 42.5 Å². The summed E-state index contributed by atoms with van der Waals surface area (Å²) in [4.78, 5) is 38.0. The van der Waals surface area contributed by atoms with Gasteiger partial charge in [0.25, 0.3) is 5.91 Å². The zero-order valence-electron chi connectivity index (χ0n) is 17.5. The first-order valence-electron chi connectivity index (χ1n) is 9.61. The predicted molar refractivity (Wildman–Crippen MR) is 119 cm³/mol. The molecule has 0 aliphatic rings. The van der Waals surface area contributed by atoms with E-state index in [0.29, 0.717) is 17.4 Å². The fourth-order valence-corrected chi connectivity index (χ4v) is 3.20. The van der Waals surface area contributed by atoms with Crippen molar-refractivity contribution in [2.45, 2.75) is 32.9 Å². The summed E-state index contributed by atoms with van der Waals surface area (Å²) < 4.78 is 5.25. The van der Waals surface area contributed by atoms with Crippen molar-refractivity contribution in [3.63, 3.8) is 0 Å². The summed E-state index contributed by atoms with van der Waals surface area (Å²) >= 11 is 0. The van der Waals surface area contributed by atoms with Crippen molar-refractivity contribution in [2.75, 3.05) is 5.32 Å². The number of hydrogen-bond acceptors (Lipinski definition) is 4. The second-order valence-electron chi connectivity index (χ2n) is 8.04. The van der Waals surface area contributed by atoms with Gasteiger partial charge in [-0.05, 0) is 49.6 Å². The number of fused-ring (bicyclic) bond motifs is 1. The third-order valence-corrected chi connectivity index (χ3v) is 4.39. The highest BCUT2D eigenvalue weighted by atomic mass is 16.6. The topological polar surface area (TPSA) is 152 Å². The van der Waals surface area contributed by atoms with Crippen molar-refractivity contribution in [2.24, 2.45) is 11.5 Å². The van der Waals surface area contributed by atoms with Gasteiger partial charge >= 0.3 is 12.1 Å². The van der Waals surface area contributed by atoms with Crippen molar-refractivity contribution >= 4 is 34.8 Å². The molecule has 4 amide bonds. The minimum atomic E-state index is -0.806. The van der Waals surface area contributed by atoms with Gasteiger partial charge in [0.15, 0.2) is 0 Å². The molecule has 9 nitrogen and oxygen atoms in total. The van der Waals surface area contributed by atoms with Crippen LogP contribution in [0.1, 0.15) is 36.7 Å². The van der Waals surface area contributed by atoms with Crippen LogP contribution in [0.3, 0.4) is 0 Å². The number of H-pyrrole nitrogens is 1. The molecule has 0 atom stereocenters. The largest absolute Gasteiger partial charge is 0.444 e. The molecule has 0 fully saturated rings. The number of urea groups is 1. The van der Waals surface area contributed by atoms with E-state index in [1.807, 2.05) is 36.4 Å². The number of nitrogens with one attached hydrogen (secondary N) is 3. The number of rotatable bonds is 5. The standard InChI is InChI=1S/C22H25N5O4/c1-22(2,3)31-21(30)25-11-12-5-4-6-13(9-12)14-7-8-15-16(10-14)26-19(27-20(24)29)17(15)18(23)28/h4-10,26H,11H2,1-3H3,(H2,23,28)(H,25,30)(H3,24,27,29). The number of carbonyl (C=O) groups excluding carboxylic acids is 3. The Morgan fingerprint density at radius 2 is 1.74 bits per heavy atom. The first kappa shape index (κ1) is 21.7. The lowest BCUT2D eigenvalue weighted by Crippen LogP contribution is -2.32. The summed E-state index contributed by atoms with van der Waals surface area (Å²) in [6.07, 6.45) is -0.487. The Kier molecular flexibility index (Phi) is 5.87. The molecule has 0 bridgehead atoms. The molecule has 0 aliphatic carbocycles. The predicted octanol–water partition coefficient (Wildman–Crippen LogP) is 3.45. The highest BCUT2D eigenvalue weighted by Gasteiger charge is 2.18. The number of aromatic nitrogens is 1. The summed E-state index contributed by atoms with van der Waals surface area (Å²) in [5.74, 6) is -0.527. The highest BCUT2D eigenvalue weighted by Crippen LogP contribution is 2.30. The molecule has 9 heteroatoms. The van der Waals surface area contributed by atoms with Crippen molar-refractivity contribution in [1.82, 2.24) is 10.3 Å². The van der Waals surface area contributed by atoms with Gasteiger partial charge in [-0.2, -0.15) is 0 Å². The number of primary amides is 2. The van der Waals surface area contributed by atoms with Gasteiger partial charge in [-0.25, -0.2) is 9.59 Å². The summed E-state index contributed by atoms with van der Waals surface area (Å²) in [6.45, 7) is 5.72. The number of ether oxygens (including phenoxy) is 1. The number of amides is 4. The number of alkyl carbamates (subject to hydrolysis) is 1. The molecule has 1 aromatic heterocycles. The van der Waals surface area contributed by atoms with E-state index < -0.39 is 23.6 Å². The molecule has 3 aromatic rings. The summed E-state index contributed by atoms with van der Waals surface area (Å²) in [7, 11) is 0. The Morgan fingerprint density at radius 1 is 1.03 bits per heavy atom. The van der Waals surface area contributed by atoms with Crippen LogP contribution < -0.4 is 22.1 Å². The quantitative estimate of drug-likeness (QED) is 0.427. The van der Waals surface area contributed by atoms with E-state index in [0.717, 1.165) is 16.7 Å². The number of aromatic amines is 1. The van der Waals surface area contributed by atoms with E-state index in [4.69, 9.17) is 16.2 Å². The molecule has 7 N–H and O–H groups in total. The van der Waals surface area contributed by atoms with E-state index in [1.54, 1.807) is 26.8 Å². The van der Waals surface area contributed by atoms with Crippen molar-refractivity contribution in [1.29, 1.82) is 0 Å². The number of hydrogen-bond donors (Lipinski definition) is 5. The molecule has 0 saturated heterocycles. The first-order valence-corrected chi connectivity index (χ1v) is 9.61. The molecule has 162 valence electrons. The van der Waals surface area contributed by atoms with Crippen molar-refractivity contribution in [3.05, 3.63) is 53.6 Å². The maximum absolute atomic E-state index is 11.9. The van der Waals surface area contributed by atoms with Gasteiger partial charge in [0, 0.05) is 17.4 Å². The van der Waals surface area contributed by atoms with E-state index >= 15 is 0 Å². The smallest absolute Gasteiger partial charge is 0.407 e. The minimum absolute atomic E-state index is 0.155. The molecule has 1 heterocycles. The normalized spacial score (nSPS) is 11.2. The molecule has 3 rings (SSSR count). The Morgan fingerprint density at radius 3 is 2.39 bits per heavy atom. The average molecular weight is 423 g/mol. The monoisotopic (exact) mass is 423 g/mol. The molecule has 0 aliphatic heterocycles. The second kappa shape index (κ2) is 8.39. The summed E-state index contributed by atoms with van der Waals surface area (Å²) in [5.41, 5.74) is 13.5. The number of nitrogens with two attached hydrogens (primary N) is 2. The molecular formula is C22H25N5O4. The lowest BCUT2D eigenvalue weighted by molar-refractivity contribution is 0.0523.